The van der Waals surface area contributed by atoms with E-state index in [1.54, 1.807) is 22.0 Å². The van der Waals surface area contributed by atoms with Crippen molar-refractivity contribution in [2.75, 3.05) is 10.6 Å². The van der Waals surface area contributed by atoms with Gasteiger partial charge in [-0.15, -0.1) is 0 Å². The van der Waals surface area contributed by atoms with Crippen molar-refractivity contribution < 1.29 is 9.90 Å². The Morgan fingerprint density at radius 1 is 1.26 bits per heavy atom. The fourth-order valence-corrected chi connectivity index (χ4v) is 4.39. The fraction of sp³-hybridized carbons (Fsp3) is 0.143. The zero-order chi connectivity index (χ0) is 21.4. The lowest BCUT2D eigenvalue weighted by atomic mass is 10.2. The van der Waals surface area contributed by atoms with Crippen molar-refractivity contribution in [1.29, 1.82) is 0 Å². The smallest absolute Gasteiger partial charge is 0.409 e. The van der Waals surface area contributed by atoms with Gasteiger partial charge in [0.2, 0.25) is 0 Å². The van der Waals surface area contributed by atoms with E-state index >= 15 is 0 Å². The van der Waals surface area contributed by atoms with Gasteiger partial charge in [0.1, 0.15) is 11.8 Å². The van der Waals surface area contributed by atoms with Crippen LogP contribution in [0.3, 0.4) is 0 Å². The van der Waals surface area contributed by atoms with Gasteiger partial charge >= 0.3 is 6.09 Å². The van der Waals surface area contributed by atoms with Gasteiger partial charge in [0, 0.05) is 16.6 Å². The fourth-order valence-electron chi connectivity index (χ4n) is 3.73. The van der Waals surface area contributed by atoms with Gasteiger partial charge in [-0.1, -0.05) is 6.92 Å². The van der Waals surface area contributed by atoms with Gasteiger partial charge in [-0.05, 0) is 47.0 Å². The first-order chi connectivity index (χ1) is 15.1. The number of hydrogen-bond donors (Lipinski definition) is 3. The molecule has 31 heavy (non-hydrogen) atoms. The molecule has 10 heteroatoms. The molecule has 4 aromatic heterocycles. The standard InChI is InChI=1S/C21H19N7O2S/c1-2-16-17(26-21(29)30)10-28-19(16)20(22-12-24-28)25-15-3-4-18-14(7-15)8-23-27(18)9-13-5-6-31-11-13/h3-8,10-12,26H,2,9H2,1H3,(H,29,30)(H,22,24,25). The van der Waals surface area contributed by atoms with Crippen LogP contribution in [0.25, 0.3) is 16.4 Å². The van der Waals surface area contributed by atoms with Crippen LogP contribution >= 0.6 is 11.3 Å². The van der Waals surface area contributed by atoms with E-state index in [1.807, 2.05) is 36.0 Å². The number of hydrogen-bond acceptors (Lipinski definition) is 6. The summed E-state index contributed by atoms with van der Waals surface area (Å²) in [7, 11) is 0. The average molecular weight is 433 g/mol. The van der Waals surface area contributed by atoms with Crippen LogP contribution in [0.1, 0.15) is 18.1 Å². The highest BCUT2D eigenvalue weighted by Crippen LogP contribution is 2.30. The van der Waals surface area contributed by atoms with Crippen molar-refractivity contribution in [2.24, 2.45) is 0 Å². The van der Waals surface area contributed by atoms with Crippen LogP contribution in [-0.4, -0.2) is 35.6 Å². The monoisotopic (exact) mass is 433 g/mol. The Morgan fingerprint density at radius 3 is 2.94 bits per heavy atom. The number of fused-ring (bicyclic) bond motifs is 2. The largest absolute Gasteiger partial charge is 0.465 e. The van der Waals surface area contributed by atoms with Crippen molar-refractivity contribution in [3.8, 4) is 0 Å². The molecule has 0 aliphatic rings. The number of carbonyl (C=O) groups is 1. The van der Waals surface area contributed by atoms with Crippen LogP contribution in [0, 0.1) is 0 Å². The van der Waals surface area contributed by atoms with Gasteiger partial charge in [0.05, 0.1) is 30.1 Å². The molecule has 5 rings (SSSR count). The van der Waals surface area contributed by atoms with E-state index in [4.69, 9.17) is 5.11 Å². The second kappa shape index (κ2) is 7.73. The summed E-state index contributed by atoms with van der Waals surface area (Å²) in [5, 5.41) is 28.9. The highest BCUT2D eigenvalue weighted by atomic mass is 32.1. The highest BCUT2D eigenvalue weighted by molar-refractivity contribution is 7.07. The van der Waals surface area contributed by atoms with E-state index in [0.717, 1.165) is 34.2 Å². The maximum atomic E-state index is 11.1. The number of nitrogens with one attached hydrogen (secondary N) is 2. The number of rotatable bonds is 6. The molecular formula is C21H19N7O2S. The van der Waals surface area contributed by atoms with Crippen LogP contribution in [0.15, 0.2) is 53.7 Å². The summed E-state index contributed by atoms with van der Waals surface area (Å²) in [6, 6.07) is 8.14. The zero-order valence-electron chi connectivity index (χ0n) is 16.6. The summed E-state index contributed by atoms with van der Waals surface area (Å²) in [4.78, 5) is 15.5. The lowest BCUT2D eigenvalue weighted by Crippen LogP contribution is -2.07. The number of anilines is 3. The van der Waals surface area contributed by atoms with E-state index in [0.29, 0.717) is 17.9 Å². The van der Waals surface area contributed by atoms with Crippen molar-refractivity contribution in [1.82, 2.24) is 24.4 Å². The molecule has 0 spiro atoms. The molecule has 0 saturated carbocycles. The number of aryl methyl sites for hydroxylation is 1. The van der Waals surface area contributed by atoms with Crippen LogP contribution in [0.5, 0.6) is 0 Å². The number of benzene rings is 1. The summed E-state index contributed by atoms with van der Waals surface area (Å²) in [6.45, 7) is 2.70. The third-order valence-corrected chi connectivity index (χ3v) is 5.82. The van der Waals surface area contributed by atoms with E-state index < -0.39 is 6.09 Å². The Balaban J connectivity index is 1.49. The number of nitrogens with zero attached hydrogens (tertiary/aromatic N) is 5. The molecule has 3 N–H and O–H groups in total. The quantitative estimate of drug-likeness (QED) is 0.361. The van der Waals surface area contributed by atoms with E-state index in [-0.39, 0.29) is 0 Å². The predicted molar refractivity (Wildman–Crippen MR) is 120 cm³/mol. The molecule has 0 fully saturated rings. The number of thiophene rings is 1. The Kier molecular flexibility index (Phi) is 4.75. The van der Waals surface area contributed by atoms with Crippen molar-refractivity contribution in [3.05, 3.63) is 64.9 Å². The number of amides is 1. The molecule has 0 atom stereocenters. The third kappa shape index (κ3) is 3.57. The summed E-state index contributed by atoms with van der Waals surface area (Å²) >= 11 is 1.68. The van der Waals surface area contributed by atoms with Gasteiger partial charge in [0.15, 0.2) is 5.82 Å². The van der Waals surface area contributed by atoms with Crippen molar-refractivity contribution >= 4 is 51.0 Å². The Morgan fingerprint density at radius 2 is 2.16 bits per heavy atom. The molecule has 0 radical (unpaired) electrons. The Hall–Kier alpha value is -3.92. The summed E-state index contributed by atoms with van der Waals surface area (Å²) in [5.41, 5.74) is 5.21. The van der Waals surface area contributed by atoms with Gasteiger partial charge in [-0.2, -0.15) is 21.5 Å². The molecule has 0 aliphatic carbocycles. The van der Waals surface area contributed by atoms with E-state index in [9.17, 15) is 4.79 Å². The summed E-state index contributed by atoms with van der Waals surface area (Å²) in [6.07, 6.45) is 4.47. The Bertz CT molecular complexity index is 1390. The molecular weight excluding hydrogens is 414 g/mol. The predicted octanol–water partition coefficient (Wildman–Crippen LogP) is 4.58. The van der Waals surface area contributed by atoms with E-state index in [2.05, 4.69) is 42.6 Å². The molecule has 0 unspecified atom stereocenters. The first-order valence-electron chi connectivity index (χ1n) is 9.71. The van der Waals surface area contributed by atoms with Crippen molar-refractivity contribution in [3.63, 3.8) is 0 Å². The van der Waals surface area contributed by atoms with Gasteiger partial charge < -0.3 is 10.4 Å². The molecule has 0 bridgehead atoms. The van der Waals surface area contributed by atoms with Gasteiger partial charge in [-0.3, -0.25) is 10.00 Å². The van der Waals surface area contributed by atoms with Crippen LogP contribution < -0.4 is 10.6 Å². The minimum atomic E-state index is -1.11. The summed E-state index contributed by atoms with van der Waals surface area (Å²) < 4.78 is 3.62. The zero-order valence-corrected chi connectivity index (χ0v) is 17.4. The number of carboxylic acid groups (broad SMARTS) is 1. The first kappa shape index (κ1) is 19.1. The van der Waals surface area contributed by atoms with Gasteiger partial charge in [0.25, 0.3) is 0 Å². The van der Waals surface area contributed by atoms with Crippen LogP contribution in [0.4, 0.5) is 22.0 Å². The molecule has 1 aromatic carbocycles. The normalized spacial score (nSPS) is 11.3. The minimum Gasteiger partial charge on any atom is -0.465 e. The van der Waals surface area contributed by atoms with Crippen molar-refractivity contribution in [2.45, 2.75) is 19.9 Å². The third-order valence-electron chi connectivity index (χ3n) is 5.09. The average Bonchev–Trinajstić information content (AvgIpc) is 3.47. The van der Waals surface area contributed by atoms with E-state index in [1.165, 1.54) is 11.9 Å². The second-order valence-corrected chi connectivity index (χ2v) is 7.82. The molecule has 156 valence electrons. The maximum absolute atomic E-state index is 11.1. The van der Waals surface area contributed by atoms with Crippen LogP contribution in [0.2, 0.25) is 0 Å². The molecule has 1 amide bonds. The van der Waals surface area contributed by atoms with Gasteiger partial charge in [-0.25, -0.2) is 14.3 Å². The molecule has 0 saturated heterocycles. The molecule has 4 heterocycles. The first-order valence-corrected chi connectivity index (χ1v) is 10.7. The van der Waals surface area contributed by atoms with Crippen LogP contribution in [-0.2, 0) is 13.0 Å². The molecule has 9 nitrogen and oxygen atoms in total. The second-order valence-electron chi connectivity index (χ2n) is 7.04. The molecule has 0 aliphatic heterocycles. The maximum Gasteiger partial charge on any atom is 0.409 e. The Labute approximate surface area is 181 Å². The lowest BCUT2D eigenvalue weighted by Gasteiger charge is -2.09. The SMILES string of the molecule is CCc1c(NC(=O)O)cn2ncnc(Nc3ccc4c(cnn4Cc4ccsc4)c3)c12. The summed E-state index contributed by atoms with van der Waals surface area (Å²) in [5.74, 6) is 0.607. The number of aromatic nitrogens is 5. The molecule has 5 aromatic rings. The lowest BCUT2D eigenvalue weighted by molar-refractivity contribution is 0.209. The minimum absolute atomic E-state index is 0.503. The topological polar surface area (TPSA) is 109 Å². The highest BCUT2D eigenvalue weighted by Gasteiger charge is 2.16.